The second-order valence-electron chi connectivity index (χ2n) is 3.77. The van der Waals surface area contributed by atoms with E-state index in [1.807, 2.05) is 18.2 Å². The van der Waals surface area contributed by atoms with Gasteiger partial charge in [0.1, 0.15) is 5.82 Å². The van der Waals surface area contributed by atoms with Gasteiger partial charge < -0.3 is 16.8 Å². The maximum absolute atomic E-state index is 11.2. The number of hydrogen-bond acceptors (Lipinski definition) is 4. The van der Waals surface area contributed by atoms with Crippen LogP contribution in [0.15, 0.2) is 39.4 Å². The molecule has 0 spiro atoms. The van der Waals surface area contributed by atoms with E-state index >= 15 is 0 Å². The van der Waals surface area contributed by atoms with E-state index in [0.717, 1.165) is 14.6 Å². The van der Waals surface area contributed by atoms with E-state index < -0.39 is 5.91 Å². The Morgan fingerprint density at radius 3 is 2.63 bits per heavy atom. The minimum absolute atomic E-state index is 0.241. The average molecular weight is 386 g/mol. The normalized spacial score (nSPS) is 10.2. The van der Waals surface area contributed by atoms with Gasteiger partial charge in [0.05, 0.1) is 23.1 Å². The van der Waals surface area contributed by atoms with Crippen LogP contribution >= 0.6 is 31.9 Å². The van der Waals surface area contributed by atoms with Crippen LogP contribution < -0.4 is 16.8 Å². The fourth-order valence-corrected chi connectivity index (χ4v) is 2.62. The number of amides is 1. The van der Waals surface area contributed by atoms with E-state index in [-0.39, 0.29) is 11.3 Å². The lowest BCUT2D eigenvalue weighted by atomic mass is 10.2. The molecule has 5 N–H and O–H groups in total. The molecule has 2 aromatic rings. The molecule has 19 heavy (non-hydrogen) atoms. The molecule has 1 heterocycles. The minimum Gasteiger partial charge on any atom is -0.397 e. The van der Waals surface area contributed by atoms with E-state index in [0.29, 0.717) is 5.82 Å². The van der Waals surface area contributed by atoms with Gasteiger partial charge in [0.25, 0.3) is 5.91 Å². The van der Waals surface area contributed by atoms with E-state index in [2.05, 4.69) is 42.2 Å². The predicted octanol–water partition coefficient (Wildman–Crippen LogP) is 3.03. The number of carbonyl (C=O) groups excluding carboxylic acids is 1. The number of rotatable bonds is 3. The lowest BCUT2D eigenvalue weighted by Gasteiger charge is -2.10. The number of halogens is 2. The summed E-state index contributed by atoms with van der Waals surface area (Å²) in [6.07, 6.45) is 1.40. The molecule has 1 aromatic heterocycles. The summed E-state index contributed by atoms with van der Waals surface area (Å²) >= 11 is 6.80. The SMILES string of the molecule is NC(=O)c1cc(Nc2ccc(Br)cc2Br)ncc1N. The molecule has 0 saturated carbocycles. The van der Waals surface area contributed by atoms with Gasteiger partial charge in [-0.1, -0.05) is 15.9 Å². The topological polar surface area (TPSA) is 94.0 Å². The van der Waals surface area contributed by atoms with Crippen LogP contribution in [0.25, 0.3) is 0 Å². The second-order valence-corrected chi connectivity index (χ2v) is 5.54. The van der Waals surface area contributed by atoms with E-state index in [1.54, 1.807) is 0 Å². The highest BCUT2D eigenvalue weighted by Crippen LogP contribution is 2.28. The Morgan fingerprint density at radius 1 is 1.26 bits per heavy atom. The van der Waals surface area contributed by atoms with Gasteiger partial charge in [0.15, 0.2) is 0 Å². The molecule has 1 aromatic carbocycles. The molecule has 0 radical (unpaired) electrons. The molecule has 2 rings (SSSR count). The van der Waals surface area contributed by atoms with Crippen molar-refractivity contribution in [3.8, 4) is 0 Å². The molecule has 0 aliphatic carbocycles. The summed E-state index contributed by atoms with van der Waals surface area (Å²) in [5.41, 5.74) is 12.2. The standard InChI is InChI=1S/C12H10Br2N4O/c13-6-1-2-10(8(14)3-6)18-11-4-7(12(16)19)9(15)5-17-11/h1-5H,15H2,(H2,16,19)(H,17,18). The highest BCUT2D eigenvalue weighted by molar-refractivity contribution is 9.11. The van der Waals surface area contributed by atoms with E-state index in [4.69, 9.17) is 11.5 Å². The molecule has 7 heteroatoms. The molecular formula is C12H10Br2N4O. The van der Waals surface area contributed by atoms with Crippen LogP contribution in [0, 0.1) is 0 Å². The molecule has 1 amide bonds. The highest BCUT2D eigenvalue weighted by atomic mass is 79.9. The first kappa shape index (κ1) is 13.8. The summed E-state index contributed by atoms with van der Waals surface area (Å²) in [7, 11) is 0. The molecule has 0 atom stereocenters. The van der Waals surface area contributed by atoms with E-state index in [9.17, 15) is 4.79 Å². The Hall–Kier alpha value is -1.60. The number of primary amides is 1. The summed E-state index contributed by atoms with van der Waals surface area (Å²) in [4.78, 5) is 15.3. The Balaban J connectivity index is 2.33. The van der Waals surface area contributed by atoms with Crippen LogP contribution in [0.2, 0.25) is 0 Å². The van der Waals surface area contributed by atoms with Crippen molar-refractivity contribution in [2.75, 3.05) is 11.1 Å². The summed E-state index contributed by atoms with van der Waals surface area (Å²) in [5, 5.41) is 3.08. The Kier molecular flexibility index (Phi) is 4.06. The van der Waals surface area contributed by atoms with Crippen LogP contribution in [0.3, 0.4) is 0 Å². The fourth-order valence-electron chi connectivity index (χ4n) is 1.48. The summed E-state index contributed by atoms with van der Waals surface area (Å²) < 4.78 is 1.81. The van der Waals surface area contributed by atoms with Crippen LogP contribution in [-0.2, 0) is 0 Å². The lowest BCUT2D eigenvalue weighted by molar-refractivity contribution is 0.100. The van der Waals surface area contributed by atoms with Crippen LogP contribution in [0.4, 0.5) is 17.2 Å². The Morgan fingerprint density at radius 2 is 2.00 bits per heavy atom. The Labute approximate surface area is 126 Å². The lowest BCUT2D eigenvalue weighted by Crippen LogP contribution is -2.14. The molecule has 0 fully saturated rings. The fraction of sp³-hybridized carbons (Fsp3) is 0. The van der Waals surface area contributed by atoms with Crippen molar-refractivity contribution in [1.29, 1.82) is 0 Å². The molecule has 0 aliphatic rings. The summed E-state index contributed by atoms with van der Waals surface area (Å²) in [6.45, 7) is 0. The Bertz CT molecular complexity index is 646. The van der Waals surface area contributed by atoms with Crippen molar-refractivity contribution >= 4 is 55.0 Å². The summed E-state index contributed by atoms with van der Waals surface area (Å²) in [6, 6.07) is 7.18. The van der Waals surface area contributed by atoms with Gasteiger partial charge in [-0.25, -0.2) is 4.98 Å². The molecule has 0 saturated heterocycles. The maximum Gasteiger partial charge on any atom is 0.250 e. The van der Waals surface area contributed by atoms with Gasteiger partial charge in [0.2, 0.25) is 0 Å². The zero-order chi connectivity index (χ0) is 14.0. The second kappa shape index (κ2) is 5.58. The zero-order valence-corrected chi connectivity index (χ0v) is 12.8. The third-order valence-electron chi connectivity index (χ3n) is 2.39. The molecule has 5 nitrogen and oxygen atoms in total. The van der Waals surface area contributed by atoms with Crippen LogP contribution in [0.5, 0.6) is 0 Å². The number of nitrogens with two attached hydrogens (primary N) is 2. The van der Waals surface area contributed by atoms with E-state index in [1.165, 1.54) is 12.3 Å². The number of nitrogens with zero attached hydrogens (tertiary/aromatic N) is 1. The van der Waals surface area contributed by atoms with Gasteiger partial charge in [-0.2, -0.15) is 0 Å². The number of nitrogen functional groups attached to an aromatic ring is 1. The quantitative estimate of drug-likeness (QED) is 0.756. The third-order valence-corrected chi connectivity index (χ3v) is 3.54. The van der Waals surface area contributed by atoms with Crippen molar-refractivity contribution in [2.45, 2.75) is 0 Å². The third kappa shape index (κ3) is 3.24. The van der Waals surface area contributed by atoms with Crippen molar-refractivity contribution in [2.24, 2.45) is 5.73 Å². The largest absolute Gasteiger partial charge is 0.397 e. The van der Waals surface area contributed by atoms with Gasteiger partial charge in [-0.15, -0.1) is 0 Å². The number of hydrogen-bond donors (Lipinski definition) is 3. The first-order chi connectivity index (χ1) is 8.97. The molecule has 0 aliphatic heterocycles. The van der Waals surface area contributed by atoms with Crippen molar-refractivity contribution in [1.82, 2.24) is 4.98 Å². The predicted molar refractivity (Wildman–Crippen MR) is 82.3 cm³/mol. The van der Waals surface area contributed by atoms with Crippen molar-refractivity contribution < 1.29 is 4.79 Å². The van der Waals surface area contributed by atoms with Crippen LogP contribution in [0.1, 0.15) is 10.4 Å². The number of nitrogens with one attached hydrogen (secondary N) is 1. The number of anilines is 3. The first-order valence-electron chi connectivity index (χ1n) is 5.25. The van der Waals surface area contributed by atoms with Crippen molar-refractivity contribution in [3.63, 3.8) is 0 Å². The average Bonchev–Trinajstić information content (AvgIpc) is 2.34. The van der Waals surface area contributed by atoms with Gasteiger partial charge in [0, 0.05) is 8.95 Å². The molecular weight excluding hydrogens is 376 g/mol. The number of aromatic nitrogens is 1. The molecule has 0 bridgehead atoms. The first-order valence-corrected chi connectivity index (χ1v) is 6.83. The maximum atomic E-state index is 11.2. The number of pyridine rings is 1. The minimum atomic E-state index is -0.585. The number of carbonyl (C=O) groups is 1. The summed E-state index contributed by atoms with van der Waals surface area (Å²) in [5.74, 6) is -0.0937. The van der Waals surface area contributed by atoms with Crippen molar-refractivity contribution in [3.05, 3.63) is 45.0 Å². The van der Waals surface area contributed by atoms with Gasteiger partial charge in [-0.3, -0.25) is 4.79 Å². The zero-order valence-electron chi connectivity index (χ0n) is 9.65. The smallest absolute Gasteiger partial charge is 0.250 e. The monoisotopic (exact) mass is 384 g/mol. The van der Waals surface area contributed by atoms with Gasteiger partial charge in [-0.05, 0) is 40.2 Å². The van der Waals surface area contributed by atoms with Gasteiger partial charge >= 0.3 is 0 Å². The highest BCUT2D eigenvalue weighted by Gasteiger charge is 2.09. The molecule has 98 valence electrons. The molecule has 0 unspecified atom stereocenters. The number of benzene rings is 1. The van der Waals surface area contributed by atoms with Crippen LogP contribution in [-0.4, -0.2) is 10.9 Å².